The number of rotatable bonds is 5. The number of nitrogens with two attached hydrogens (primary N) is 1. The van der Waals surface area contributed by atoms with Crippen molar-refractivity contribution in [2.45, 2.75) is 51.4 Å². The quantitative estimate of drug-likeness (QED) is 0.787. The summed E-state index contributed by atoms with van der Waals surface area (Å²) in [6.45, 7) is 8.65. The second kappa shape index (κ2) is 8.69. The fraction of sp³-hybridized carbons (Fsp3) is 0.611. The van der Waals surface area contributed by atoms with Gasteiger partial charge in [0.2, 0.25) is 10.0 Å². The number of benzene rings is 1. The second-order valence-electron chi connectivity index (χ2n) is 7.96. The third-order valence-corrected chi connectivity index (χ3v) is 5.88. The van der Waals surface area contributed by atoms with Crippen molar-refractivity contribution < 1.29 is 13.2 Å². The van der Waals surface area contributed by atoms with Crippen LogP contribution in [0.3, 0.4) is 0 Å². The lowest BCUT2D eigenvalue weighted by Gasteiger charge is -2.22. The van der Waals surface area contributed by atoms with Crippen LogP contribution in [0.1, 0.15) is 50.0 Å². The summed E-state index contributed by atoms with van der Waals surface area (Å²) in [6.07, 6.45) is 0.909. The van der Waals surface area contributed by atoms with Gasteiger partial charge in [0, 0.05) is 23.7 Å². The summed E-state index contributed by atoms with van der Waals surface area (Å²) in [6, 6.07) is 7.02. The molecule has 0 saturated carbocycles. The molecule has 2 atom stereocenters. The molecule has 0 aromatic heterocycles. The molecule has 1 amide bonds. The van der Waals surface area contributed by atoms with Crippen LogP contribution in [0.2, 0.25) is 0 Å². The topological polar surface area (TPSA) is 92.5 Å². The summed E-state index contributed by atoms with van der Waals surface area (Å²) in [4.78, 5) is 14.6. The van der Waals surface area contributed by atoms with Gasteiger partial charge >= 0.3 is 0 Å². The maximum atomic E-state index is 12.8. The third kappa shape index (κ3) is 6.23. The van der Waals surface area contributed by atoms with Crippen molar-refractivity contribution in [1.82, 2.24) is 9.62 Å². The van der Waals surface area contributed by atoms with Gasteiger partial charge in [-0.15, -0.1) is 12.4 Å². The number of sulfonamides is 1. The summed E-state index contributed by atoms with van der Waals surface area (Å²) in [5, 5.41) is 0. The molecule has 1 saturated heterocycles. The molecule has 0 bridgehead atoms. The van der Waals surface area contributed by atoms with Gasteiger partial charge in [-0.2, -0.15) is 0 Å². The highest BCUT2D eigenvalue weighted by molar-refractivity contribution is 7.88. The molecule has 8 heteroatoms. The van der Waals surface area contributed by atoms with Crippen molar-refractivity contribution in [2.24, 2.45) is 11.7 Å². The van der Waals surface area contributed by atoms with Crippen molar-refractivity contribution in [3.63, 3.8) is 0 Å². The predicted molar refractivity (Wildman–Crippen MR) is 107 cm³/mol. The van der Waals surface area contributed by atoms with Gasteiger partial charge < -0.3 is 10.6 Å². The van der Waals surface area contributed by atoms with E-state index in [-0.39, 0.29) is 30.1 Å². The lowest BCUT2D eigenvalue weighted by molar-refractivity contribution is 0.0743. The normalized spacial score (nSPS) is 20.7. The maximum absolute atomic E-state index is 12.8. The minimum atomic E-state index is -3.47. The zero-order valence-corrected chi connectivity index (χ0v) is 17.5. The van der Waals surface area contributed by atoms with Gasteiger partial charge in [-0.05, 0) is 64.3 Å². The fourth-order valence-electron chi connectivity index (χ4n) is 3.28. The van der Waals surface area contributed by atoms with Gasteiger partial charge in [0.25, 0.3) is 5.91 Å². The number of carbonyl (C=O) groups is 1. The minimum absolute atomic E-state index is 0. The van der Waals surface area contributed by atoms with Crippen molar-refractivity contribution in [2.75, 3.05) is 13.1 Å². The van der Waals surface area contributed by atoms with Crippen LogP contribution in [0.25, 0.3) is 0 Å². The zero-order valence-electron chi connectivity index (χ0n) is 15.9. The Morgan fingerprint density at radius 3 is 2.54 bits per heavy atom. The largest absolute Gasteiger partial charge is 0.336 e. The van der Waals surface area contributed by atoms with Crippen molar-refractivity contribution >= 4 is 28.3 Å². The third-order valence-electron chi connectivity index (χ3n) is 4.25. The molecule has 1 heterocycles. The Kier molecular flexibility index (Phi) is 7.65. The van der Waals surface area contributed by atoms with E-state index in [4.69, 9.17) is 5.73 Å². The van der Waals surface area contributed by atoms with Crippen LogP contribution in [0, 0.1) is 5.92 Å². The molecule has 6 nitrogen and oxygen atoms in total. The molecule has 1 aromatic rings. The molecule has 0 radical (unpaired) electrons. The summed E-state index contributed by atoms with van der Waals surface area (Å²) in [7, 11) is -3.47. The molecule has 2 unspecified atom stereocenters. The second-order valence-corrected chi connectivity index (χ2v) is 9.68. The maximum Gasteiger partial charge on any atom is 0.254 e. The molecule has 1 fully saturated rings. The van der Waals surface area contributed by atoms with Crippen molar-refractivity contribution in [3.8, 4) is 0 Å². The summed E-state index contributed by atoms with van der Waals surface area (Å²) < 4.78 is 27.2. The number of nitrogens with zero attached hydrogens (tertiary/aromatic N) is 1. The Morgan fingerprint density at radius 1 is 1.35 bits per heavy atom. The Morgan fingerprint density at radius 2 is 2.00 bits per heavy atom. The molecule has 2 rings (SSSR count). The SMILES string of the molecule is CC1CC(CN)CN1C(=O)c1cccc(CS(=O)(=O)NC(C)(C)C)c1.Cl. The zero-order chi connectivity index (χ0) is 18.8. The summed E-state index contributed by atoms with van der Waals surface area (Å²) >= 11 is 0. The Labute approximate surface area is 163 Å². The van der Waals surface area contributed by atoms with Gasteiger partial charge in [0.15, 0.2) is 0 Å². The van der Waals surface area contributed by atoms with Gasteiger partial charge in [0.1, 0.15) is 0 Å². The van der Waals surface area contributed by atoms with Gasteiger partial charge in [-0.25, -0.2) is 13.1 Å². The molecule has 0 aliphatic carbocycles. The predicted octanol–water partition coefficient (Wildman–Crippen LogP) is 2.14. The average Bonchev–Trinajstić information content (AvgIpc) is 2.84. The number of hydrogen-bond donors (Lipinski definition) is 2. The van der Waals surface area contributed by atoms with Crippen LogP contribution in [0.15, 0.2) is 24.3 Å². The molecule has 1 aliphatic rings. The van der Waals surface area contributed by atoms with E-state index in [1.54, 1.807) is 45.0 Å². The Hall–Kier alpha value is -1.15. The van der Waals surface area contributed by atoms with Crippen LogP contribution < -0.4 is 10.5 Å². The number of halogens is 1. The molecule has 0 spiro atoms. The van der Waals surface area contributed by atoms with Crippen LogP contribution in [-0.4, -0.2) is 43.9 Å². The number of nitrogens with one attached hydrogen (secondary N) is 1. The Bertz CT molecular complexity index is 731. The van der Waals surface area contributed by atoms with Crippen molar-refractivity contribution in [1.29, 1.82) is 0 Å². The molecule has 26 heavy (non-hydrogen) atoms. The van der Waals surface area contributed by atoms with Gasteiger partial charge in [0.05, 0.1) is 5.75 Å². The first-order valence-corrected chi connectivity index (χ1v) is 10.3. The molecular weight excluding hydrogens is 374 g/mol. The van der Waals surface area contributed by atoms with E-state index in [0.29, 0.717) is 30.1 Å². The summed E-state index contributed by atoms with van der Waals surface area (Å²) in [5.74, 6) is 0.122. The van der Waals surface area contributed by atoms with Crippen LogP contribution in [0.5, 0.6) is 0 Å². The van der Waals surface area contributed by atoms with E-state index in [1.807, 2.05) is 11.8 Å². The lowest BCUT2D eigenvalue weighted by Crippen LogP contribution is -2.41. The van der Waals surface area contributed by atoms with E-state index < -0.39 is 15.6 Å². The summed E-state index contributed by atoms with van der Waals surface area (Å²) in [5.41, 5.74) is 6.32. The number of carbonyl (C=O) groups excluding carboxylic acids is 1. The highest BCUT2D eigenvalue weighted by Gasteiger charge is 2.32. The lowest BCUT2D eigenvalue weighted by atomic mass is 10.1. The van der Waals surface area contributed by atoms with Crippen LogP contribution >= 0.6 is 12.4 Å². The smallest absolute Gasteiger partial charge is 0.254 e. The fourth-order valence-corrected chi connectivity index (χ4v) is 4.90. The highest BCUT2D eigenvalue weighted by atomic mass is 35.5. The van der Waals surface area contributed by atoms with E-state index in [2.05, 4.69) is 4.72 Å². The Balaban J connectivity index is 0.00000338. The standard InChI is InChI=1S/C18H29N3O3S.ClH/c1-13-8-15(10-19)11-21(13)17(22)16-7-5-6-14(9-16)12-25(23,24)20-18(2,3)4;/h5-7,9,13,15,20H,8,10-12,19H2,1-4H3;1H. The van der Waals surface area contributed by atoms with E-state index in [9.17, 15) is 13.2 Å². The monoisotopic (exact) mass is 403 g/mol. The van der Waals surface area contributed by atoms with Crippen molar-refractivity contribution in [3.05, 3.63) is 35.4 Å². The molecular formula is C18H30ClN3O3S. The average molecular weight is 404 g/mol. The first kappa shape index (κ1) is 22.9. The molecule has 148 valence electrons. The first-order valence-electron chi connectivity index (χ1n) is 8.62. The molecule has 3 N–H and O–H groups in total. The van der Waals surface area contributed by atoms with E-state index >= 15 is 0 Å². The van der Waals surface area contributed by atoms with Crippen LogP contribution in [0.4, 0.5) is 0 Å². The number of likely N-dealkylation sites (tertiary alicyclic amines) is 1. The van der Waals surface area contributed by atoms with E-state index in [0.717, 1.165) is 6.42 Å². The van der Waals surface area contributed by atoms with E-state index in [1.165, 1.54) is 0 Å². The number of hydrogen-bond acceptors (Lipinski definition) is 4. The number of amides is 1. The van der Waals surface area contributed by atoms with Gasteiger partial charge in [-0.3, -0.25) is 4.79 Å². The highest BCUT2D eigenvalue weighted by Crippen LogP contribution is 2.24. The molecule has 1 aromatic carbocycles. The van der Waals surface area contributed by atoms with Crippen LogP contribution in [-0.2, 0) is 15.8 Å². The molecule has 1 aliphatic heterocycles. The first-order chi connectivity index (χ1) is 11.5. The minimum Gasteiger partial charge on any atom is -0.336 e. The van der Waals surface area contributed by atoms with Gasteiger partial charge in [-0.1, -0.05) is 12.1 Å².